The second kappa shape index (κ2) is 21.5. The van der Waals surface area contributed by atoms with Crippen molar-refractivity contribution in [2.75, 3.05) is 0 Å². The smallest absolute Gasteiger partial charge is 0.131 e. The molecule has 0 saturated heterocycles. The van der Waals surface area contributed by atoms with Crippen LogP contribution >= 0.6 is 0 Å². The largest absolute Gasteiger partial charge is 0.350 e. The Morgan fingerprint density at radius 3 is 1.10 bits per heavy atom. The number of amidine groups is 1. The minimum absolute atomic E-state index is 0.343. The van der Waals surface area contributed by atoms with Gasteiger partial charge >= 0.3 is 0 Å². The predicted octanol–water partition coefficient (Wildman–Crippen LogP) is 17.8. The van der Waals surface area contributed by atoms with Crippen molar-refractivity contribution in [1.29, 1.82) is 0 Å². The predicted molar refractivity (Wildman–Crippen MR) is 309 cm³/mol. The van der Waals surface area contributed by atoms with Crippen LogP contribution in [0.5, 0.6) is 0 Å². The number of nitrogens with one attached hydrogen (secondary N) is 2. The zero-order chi connectivity index (χ0) is 49.3. The van der Waals surface area contributed by atoms with Crippen LogP contribution in [-0.2, 0) is 0 Å². The van der Waals surface area contributed by atoms with E-state index >= 15 is 0 Å². The first-order valence-electron chi connectivity index (χ1n) is 25.0. The van der Waals surface area contributed by atoms with Gasteiger partial charge in [0.25, 0.3) is 0 Å². The summed E-state index contributed by atoms with van der Waals surface area (Å²) in [5, 5.41) is 7.91. The summed E-state index contributed by atoms with van der Waals surface area (Å²) in [5.74, 6) is 0.814. The fraction of sp³-hybridized carbons (Fsp3) is 0.0429. The molecule has 0 fully saturated rings. The van der Waals surface area contributed by atoms with E-state index in [2.05, 4.69) is 284 Å². The van der Waals surface area contributed by atoms with Crippen LogP contribution in [0.4, 0.5) is 0 Å². The molecule has 3 heteroatoms. The maximum atomic E-state index is 5.53. The van der Waals surface area contributed by atoms with Crippen LogP contribution in [0.3, 0.4) is 0 Å². The van der Waals surface area contributed by atoms with E-state index in [0.29, 0.717) is 0 Å². The van der Waals surface area contributed by atoms with Gasteiger partial charge < -0.3 is 5.32 Å². The lowest BCUT2D eigenvalue weighted by Crippen LogP contribution is -2.45. The van der Waals surface area contributed by atoms with Gasteiger partial charge in [-0.05, 0) is 180 Å². The van der Waals surface area contributed by atoms with E-state index < -0.39 is 6.17 Å². The molecule has 1 aliphatic rings. The van der Waals surface area contributed by atoms with Gasteiger partial charge in [0.2, 0.25) is 0 Å². The van der Waals surface area contributed by atoms with Gasteiger partial charge in [-0.3, -0.25) is 5.32 Å². The lowest BCUT2D eigenvalue weighted by atomic mass is 9.90. The fourth-order valence-electron chi connectivity index (χ4n) is 9.74. The maximum Gasteiger partial charge on any atom is 0.131 e. The van der Waals surface area contributed by atoms with Gasteiger partial charge in [-0.1, -0.05) is 213 Å². The van der Waals surface area contributed by atoms with Gasteiger partial charge in [0.1, 0.15) is 18.2 Å². The summed E-state index contributed by atoms with van der Waals surface area (Å²) in [6.45, 7) is 6.64. The molecule has 2 N–H and O–H groups in total. The lowest BCUT2D eigenvalue weighted by Gasteiger charge is -2.33. The molecule has 73 heavy (non-hydrogen) atoms. The molecule has 0 aromatic heterocycles. The zero-order valence-electron chi connectivity index (χ0n) is 40.9. The molecule has 1 aliphatic heterocycles. The average Bonchev–Trinajstić information content (AvgIpc) is 3.48. The Hall–Kier alpha value is -9.15. The van der Waals surface area contributed by atoms with E-state index in [0.717, 1.165) is 89.3 Å². The van der Waals surface area contributed by atoms with E-state index in [4.69, 9.17) is 4.99 Å². The number of nitrogens with zero attached hydrogens (tertiary/aromatic N) is 1. The van der Waals surface area contributed by atoms with Crippen molar-refractivity contribution >= 4 is 11.4 Å². The van der Waals surface area contributed by atoms with Crippen LogP contribution < -0.4 is 10.6 Å². The lowest BCUT2D eigenvalue weighted by molar-refractivity contribution is 0.409. The normalized spacial score (nSPS) is 14.5. The summed E-state index contributed by atoms with van der Waals surface area (Å²) in [7, 11) is 0. The molecule has 0 saturated carbocycles. The Bertz CT molecular complexity index is 3500. The van der Waals surface area contributed by atoms with Crippen molar-refractivity contribution in [2.45, 2.75) is 19.3 Å². The van der Waals surface area contributed by atoms with Crippen LogP contribution in [0, 0.1) is 0 Å². The van der Waals surface area contributed by atoms with Crippen molar-refractivity contribution in [2.24, 2.45) is 4.99 Å². The van der Waals surface area contributed by atoms with Gasteiger partial charge in [-0.25, -0.2) is 4.99 Å². The summed E-state index contributed by atoms with van der Waals surface area (Å²) in [6.07, 6.45) is 7.46. The minimum Gasteiger partial charge on any atom is -0.350 e. The molecule has 3 nitrogen and oxygen atoms in total. The number of rotatable bonds is 13. The molecule has 0 radical (unpaired) electrons. The third kappa shape index (κ3) is 10.6. The standard InChI is InChI=1S/C70H55N3/c1-3-4-11-24-49(2)56-37-62(63-41-57(50-25-12-5-13-26-50)39-58(42-63)51-27-14-6-15-28-51)47-66(38-56)69-71-68(55-35-22-10-23-36-55)72-70(73-69)67-46-61(54-33-20-9-21-34-54)45-65(48-67)64-43-59(52-29-16-7-17-30-52)40-60(44-64)53-31-18-8-19-32-53/h3-48,69-70,73H,2H2,1H3,(H,71,72)/b4-3-,24-11-. The summed E-state index contributed by atoms with van der Waals surface area (Å²) in [5.41, 5.74) is 21.1. The SMILES string of the molecule is C=C(/C=C\C=C/C)c1cc(-c2cc(-c3ccccc3)cc(-c3ccccc3)c2)cc(C2NC(c3ccccc3)=NC(c3cc(-c4ccccc4)cc(-c4cc(-c5ccccc5)cc(-c5ccccc5)c4)c3)N2)c1. The topological polar surface area (TPSA) is 36.4 Å². The monoisotopic (exact) mass is 937 g/mol. The maximum absolute atomic E-state index is 5.53. The Balaban J connectivity index is 1.08. The van der Waals surface area contributed by atoms with Gasteiger partial charge in [-0.15, -0.1) is 0 Å². The molecule has 350 valence electrons. The Kier molecular flexibility index (Phi) is 13.6. The molecule has 1 heterocycles. The van der Waals surface area contributed by atoms with Crippen LogP contribution in [0.15, 0.2) is 291 Å². The first kappa shape index (κ1) is 46.2. The molecule has 10 aromatic rings. The van der Waals surface area contributed by atoms with Gasteiger partial charge in [0, 0.05) is 5.56 Å². The third-order valence-corrected chi connectivity index (χ3v) is 13.5. The molecule has 0 amide bonds. The molecule has 0 spiro atoms. The van der Waals surface area contributed by atoms with E-state index in [1.165, 1.54) is 22.3 Å². The number of benzene rings is 10. The molecular weight excluding hydrogens is 883 g/mol. The van der Waals surface area contributed by atoms with Crippen molar-refractivity contribution in [1.82, 2.24) is 10.6 Å². The number of hydrogen-bond donors (Lipinski definition) is 2. The van der Waals surface area contributed by atoms with Crippen molar-refractivity contribution < 1.29 is 0 Å². The summed E-state index contributed by atoms with van der Waals surface area (Å²) in [4.78, 5) is 5.53. The highest BCUT2D eigenvalue weighted by atomic mass is 15.3. The number of hydrogen-bond acceptors (Lipinski definition) is 3. The molecule has 2 atom stereocenters. The van der Waals surface area contributed by atoms with Crippen molar-refractivity contribution in [3.05, 3.63) is 308 Å². The highest BCUT2D eigenvalue weighted by Gasteiger charge is 2.27. The van der Waals surface area contributed by atoms with E-state index in [1.54, 1.807) is 0 Å². The quantitative estimate of drug-likeness (QED) is 0.113. The van der Waals surface area contributed by atoms with Crippen molar-refractivity contribution in [3.63, 3.8) is 0 Å². The molecular formula is C70H55N3. The van der Waals surface area contributed by atoms with Crippen LogP contribution in [0.25, 0.3) is 83.5 Å². The molecule has 0 aliphatic carbocycles. The second-order valence-corrected chi connectivity index (χ2v) is 18.5. The summed E-state index contributed by atoms with van der Waals surface area (Å²) >= 11 is 0. The summed E-state index contributed by atoms with van der Waals surface area (Å²) in [6, 6.07) is 91.5. The second-order valence-electron chi connectivity index (χ2n) is 18.5. The first-order chi connectivity index (χ1) is 36.0. The van der Waals surface area contributed by atoms with Gasteiger partial charge in [0.05, 0.1) is 0 Å². The Morgan fingerprint density at radius 1 is 0.370 bits per heavy atom. The van der Waals surface area contributed by atoms with Gasteiger partial charge in [0.15, 0.2) is 0 Å². The summed E-state index contributed by atoms with van der Waals surface area (Å²) < 4.78 is 0. The molecule has 10 aromatic carbocycles. The number of allylic oxidation sites excluding steroid dienone is 5. The van der Waals surface area contributed by atoms with Crippen LogP contribution in [0.2, 0.25) is 0 Å². The van der Waals surface area contributed by atoms with Crippen LogP contribution in [0.1, 0.15) is 41.5 Å². The fourth-order valence-corrected chi connectivity index (χ4v) is 9.74. The molecule has 0 bridgehead atoms. The van der Waals surface area contributed by atoms with Gasteiger partial charge in [-0.2, -0.15) is 0 Å². The first-order valence-corrected chi connectivity index (χ1v) is 25.0. The zero-order valence-corrected chi connectivity index (χ0v) is 40.9. The van der Waals surface area contributed by atoms with E-state index in [1.807, 2.05) is 19.1 Å². The van der Waals surface area contributed by atoms with E-state index in [-0.39, 0.29) is 6.17 Å². The van der Waals surface area contributed by atoms with Crippen LogP contribution in [-0.4, -0.2) is 5.84 Å². The highest BCUT2D eigenvalue weighted by Crippen LogP contribution is 2.40. The number of aliphatic imine (C=N–C) groups is 1. The molecule has 2 unspecified atom stereocenters. The third-order valence-electron chi connectivity index (χ3n) is 13.5. The minimum atomic E-state index is -0.425. The Labute approximate surface area is 430 Å². The van der Waals surface area contributed by atoms with E-state index in [9.17, 15) is 0 Å². The van der Waals surface area contributed by atoms with Crippen molar-refractivity contribution in [3.8, 4) is 77.9 Å². The Morgan fingerprint density at radius 2 is 0.699 bits per heavy atom. The molecule has 11 rings (SSSR count). The average molecular weight is 938 g/mol. The highest BCUT2D eigenvalue weighted by molar-refractivity contribution is 5.99.